The third-order valence-corrected chi connectivity index (χ3v) is 4.93. The Morgan fingerprint density at radius 2 is 2.14 bits per heavy atom. The number of thiazole rings is 1. The number of halogens is 2. The largest absolute Gasteiger partial charge is 0.298 e. The van der Waals surface area contributed by atoms with E-state index in [1.165, 1.54) is 11.3 Å². The molecule has 0 aliphatic heterocycles. The number of hydrogen-bond donors (Lipinski definition) is 1. The average molecular weight is 382 g/mol. The highest BCUT2D eigenvalue weighted by molar-refractivity contribution is 9.10. The van der Waals surface area contributed by atoms with Crippen molar-refractivity contribution in [2.45, 2.75) is 6.92 Å². The molecule has 6 heteroatoms. The number of carbonyl (C=O) groups is 1. The molecule has 3 aromatic rings. The average Bonchev–Trinajstić information content (AvgIpc) is 2.88. The van der Waals surface area contributed by atoms with Gasteiger partial charge in [0.2, 0.25) is 0 Å². The zero-order chi connectivity index (χ0) is 15.0. The fourth-order valence-corrected chi connectivity index (χ4v) is 3.56. The normalized spacial score (nSPS) is 10.8. The van der Waals surface area contributed by atoms with E-state index in [-0.39, 0.29) is 5.91 Å². The summed E-state index contributed by atoms with van der Waals surface area (Å²) in [5.74, 6) is -0.191. The summed E-state index contributed by atoms with van der Waals surface area (Å²) in [4.78, 5) is 16.7. The molecule has 1 N–H and O–H groups in total. The number of nitrogens with one attached hydrogen (secondary N) is 1. The summed E-state index contributed by atoms with van der Waals surface area (Å²) in [7, 11) is 0. The molecule has 3 nitrogen and oxygen atoms in total. The molecule has 0 atom stereocenters. The zero-order valence-electron chi connectivity index (χ0n) is 11.0. The Balaban J connectivity index is 1.93. The first-order valence-corrected chi connectivity index (χ1v) is 8.16. The van der Waals surface area contributed by atoms with Crippen molar-refractivity contribution >= 4 is 60.1 Å². The van der Waals surface area contributed by atoms with E-state index in [1.807, 2.05) is 31.2 Å². The number of benzene rings is 2. The molecule has 106 valence electrons. The maximum Gasteiger partial charge on any atom is 0.257 e. The Bertz CT molecular complexity index is 808. The fraction of sp³-hybridized carbons (Fsp3) is 0.0667. The van der Waals surface area contributed by atoms with Crippen molar-refractivity contribution in [3.05, 3.63) is 57.0 Å². The van der Waals surface area contributed by atoms with Crippen molar-refractivity contribution in [2.24, 2.45) is 0 Å². The first kappa shape index (κ1) is 14.5. The van der Waals surface area contributed by atoms with E-state index >= 15 is 0 Å². The van der Waals surface area contributed by atoms with Crippen LogP contribution in [-0.4, -0.2) is 10.9 Å². The number of amides is 1. The minimum absolute atomic E-state index is 0.191. The topological polar surface area (TPSA) is 42.0 Å². The summed E-state index contributed by atoms with van der Waals surface area (Å²) in [6.45, 7) is 1.97. The van der Waals surface area contributed by atoms with E-state index in [4.69, 9.17) is 11.6 Å². The van der Waals surface area contributed by atoms with Crippen LogP contribution in [0.15, 0.2) is 40.9 Å². The minimum Gasteiger partial charge on any atom is -0.298 e. The van der Waals surface area contributed by atoms with Gasteiger partial charge in [-0.15, -0.1) is 0 Å². The van der Waals surface area contributed by atoms with Gasteiger partial charge in [-0.1, -0.05) is 51.0 Å². The second kappa shape index (κ2) is 5.75. The van der Waals surface area contributed by atoms with Gasteiger partial charge in [-0.25, -0.2) is 4.98 Å². The van der Waals surface area contributed by atoms with Crippen LogP contribution in [0.1, 0.15) is 15.9 Å². The second-order valence-electron chi connectivity index (χ2n) is 4.53. The van der Waals surface area contributed by atoms with Crippen LogP contribution in [0.2, 0.25) is 5.02 Å². The molecule has 0 fully saturated rings. The molecule has 0 bridgehead atoms. The molecule has 0 aliphatic rings. The van der Waals surface area contributed by atoms with Crippen LogP contribution in [-0.2, 0) is 0 Å². The molecule has 0 saturated heterocycles. The number of fused-ring (bicyclic) bond motifs is 1. The molecule has 0 aliphatic carbocycles. The van der Waals surface area contributed by atoms with Gasteiger partial charge in [-0.05, 0) is 36.8 Å². The van der Waals surface area contributed by atoms with Crippen LogP contribution < -0.4 is 5.32 Å². The highest BCUT2D eigenvalue weighted by Crippen LogP contribution is 2.34. The van der Waals surface area contributed by atoms with Gasteiger partial charge < -0.3 is 0 Å². The summed E-state index contributed by atoms with van der Waals surface area (Å²) in [5, 5.41) is 4.01. The lowest BCUT2D eigenvalue weighted by Gasteiger charge is -2.01. The molecule has 1 heterocycles. The Labute approximate surface area is 139 Å². The molecular formula is C15H10BrClN2OS. The minimum atomic E-state index is -0.191. The van der Waals surface area contributed by atoms with Crippen molar-refractivity contribution in [3.63, 3.8) is 0 Å². The summed E-state index contributed by atoms with van der Waals surface area (Å²) < 4.78 is 1.75. The van der Waals surface area contributed by atoms with E-state index in [1.54, 1.807) is 12.1 Å². The van der Waals surface area contributed by atoms with E-state index < -0.39 is 0 Å². The second-order valence-corrected chi connectivity index (χ2v) is 6.85. The predicted octanol–water partition coefficient (Wildman–Crippen LogP) is 5.27. The standard InChI is InChI=1S/C15H10BrClN2OS/c1-8-5-6-11(17)13-12(8)18-15(21-13)19-14(20)9-3-2-4-10(16)7-9/h2-7H,1H3,(H,18,19,20). The van der Waals surface area contributed by atoms with Gasteiger partial charge in [0.15, 0.2) is 5.13 Å². The van der Waals surface area contributed by atoms with Crippen LogP contribution in [0.5, 0.6) is 0 Å². The van der Waals surface area contributed by atoms with Crippen molar-refractivity contribution < 1.29 is 4.79 Å². The number of nitrogens with zero attached hydrogens (tertiary/aromatic N) is 1. The highest BCUT2D eigenvalue weighted by Gasteiger charge is 2.13. The van der Waals surface area contributed by atoms with Crippen molar-refractivity contribution in [1.82, 2.24) is 4.98 Å². The van der Waals surface area contributed by atoms with E-state index in [9.17, 15) is 4.79 Å². The predicted molar refractivity (Wildman–Crippen MR) is 91.5 cm³/mol. The maximum absolute atomic E-state index is 12.2. The quantitative estimate of drug-likeness (QED) is 0.657. The highest BCUT2D eigenvalue weighted by atomic mass is 79.9. The van der Waals surface area contributed by atoms with Crippen molar-refractivity contribution in [1.29, 1.82) is 0 Å². The third kappa shape index (κ3) is 2.95. The number of rotatable bonds is 2. The lowest BCUT2D eigenvalue weighted by molar-refractivity contribution is 0.102. The van der Waals surface area contributed by atoms with Crippen LogP contribution in [0.3, 0.4) is 0 Å². The lowest BCUT2D eigenvalue weighted by Crippen LogP contribution is -2.11. The van der Waals surface area contributed by atoms with Crippen LogP contribution in [0.4, 0.5) is 5.13 Å². The van der Waals surface area contributed by atoms with Gasteiger partial charge in [0.05, 0.1) is 15.2 Å². The molecule has 0 saturated carbocycles. The molecule has 1 aromatic heterocycles. The number of anilines is 1. The number of hydrogen-bond acceptors (Lipinski definition) is 3. The summed E-state index contributed by atoms with van der Waals surface area (Å²) in [5.41, 5.74) is 2.44. The number of carbonyl (C=O) groups excluding carboxylic acids is 1. The molecule has 0 radical (unpaired) electrons. The third-order valence-electron chi connectivity index (χ3n) is 3.00. The number of aromatic nitrogens is 1. The lowest BCUT2D eigenvalue weighted by atomic mass is 10.2. The van der Waals surface area contributed by atoms with Gasteiger partial charge in [-0.2, -0.15) is 0 Å². The van der Waals surface area contributed by atoms with Crippen LogP contribution >= 0.6 is 38.9 Å². The first-order chi connectivity index (χ1) is 10.0. The maximum atomic E-state index is 12.2. The molecule has 21 heavy (non-hydrogen) atoms. The summed E-state index contributed by atoms with van der Waals surface area (Å²) in [6, 6.07) is 11.0. The molecule has 1 amide bonds. The Morgan fingerprint density at radius 1 is 1.33 bits per heavy atom. The monoisotopic (exact) mass is 380 g/mol. The number of aryl methyl sites for hydroxylation is 1. The van der Waals surface area contributed by atoms with Crippen LogP contribution in [0.25, 0.3) is 10.2 Å². The first-order valence-electron chi connectivity index (χ1n) is 6.17. The fourth-order valence-electron chi connectivity index (χ4n) is 1.95. The van der Waals surface area contributed by atoms with Gasteiger partial charge >= 0.3 is 0 Å². The summed E-state index contributed by atoms with van der Waals surface area (Å²) >= 11 is 10.9. The molecule has 0 unspecified atom stereocenters. The van der Waals surface area contributed by atoms with Gasteiger partial charge in [0.1, 0.15) is 0 Å². The molecule has 2 aromatic carbocycles. The Hall–Kier alpha value is -1.43. The molecule has 3 rings (SSSR count). The van der Waals surface area contributed by atoms with Crippen molar-refractivity contribution in [3.8, 4) is 0 Å². The molecular weight excluding hydrogens is 372 g/mol. The smallest absolute Gasteiger partial charge is 0.257 e. The van der Waals surface area contributed by atoms with E-state index in [0.29, 0.717) is 15.7 Å². The summed E-state index contributed by atoms with van der Waals surface area (Å²) in [6.07, 6.45) is 0. The van der Waals surface area contributed by atoms with Gasteiger partial charge in [-0.3, -0.25) is 10.1 Å². The Kier molecular flexibility index (Phi) is 3.97. The zero-order valence-corrected chi connectivity index (χ0v) is 14.1. The molecule has 0 spiro atoms. The van der Waals surface area contributed by atoms with Gasteiger partial charge in [0.25, 0.3) is 5.91 Å². The Morgan fingerprint density at radius 3 is 2.86 bits per heavy atom. The SMILES string of the molecule is Cc1ccc(Cl)c2sc(NC(=O)c3cccc(Br)c3)nc12. The van der Waals surface area contributed by atoms with E-state index in [2.05, 4.69) is 26.2 Å². The van der Waals surface area contributed by atoms with Crippen LogP contribution in [0, 0.1) is 6.92 Å². The van der Waals surface area contributed by atoms with Crippen molar-refractivity contribution in [2.75, 3.05) is 5.32 Å². The van der Waals surface area contributed by atoms with E-state index in [0.717, 1.165) is 20.3 Å². The van der Waals surface area contributed by atoms with Gasteiger partial charge in [0, 0.05) is 10.0 Å².